The summed E-state index contributed by atoms with van der Waals surface area (Å²) in [6, 6.07) is 0.829. The van der Waals surface area contributed by atoms with Crippen LogP contribution >= 0.6 is 11.8 Å². The molecule has 2 fully saturated rings. The Morgan fingerprint density at radius 3 is 2.86 bits per heavy atom. The van der Waals surface area contributed by atoms with Gasteiger partial charge in [0.05, 0.1) is 0 Å². The first-order valence-corrected chi connectivity index (χ1v) is 6.95. The summed E-state index contributed by atoms with van der Waals surface area (Å²) in [5.74, 6) is 2.13. The van der Waals surface area contributed by atoms with Gasteiger partial charge in [-0.15, -0.1) is 0 Å². The quantitative estimate of drug-likeness (QED) is 0.773. The highest BCUT2D eigenvalue weighted by atomic mass is 32.2. The van der Waals surface area contributed by atoms with Crippen LogP contribution in [-0.4, -0.2) is 41.6 Å². The van der Waals surface area contributed by atoms with Crippen LogP contribution in [0.2, 0.25) is 0 Å². The fourth-order valence-corrected chi connectivity index (χ4v) is 3.80. The maximum atomic E-state index is 5.77. The highest BCUT2D eigenvalue weighted by molar-refractivity contribution is 8.00. The minimum absolute atomic E-state index is 0.801. The molecule has 0 aromatic heterocycles. The Bertz CT molecular complexity index is 182. The molecule has 3 unspecified atom stereocenters. The van der Waals surface area contributed by atoms with Gasteiger partial charge in [-0.1, -0.05) is 6.92 Å². The van der Waals surface area contributed by atoms with Gasteiger partial charge in [-0.2, -0.15) is 11.8 Å². The molecule has 2 rings (SSSR count). The van der Waals surface area contributed by atoms with Crippen molar-refractivity contribution < 1.29 is 0 Å². The third-order valence-corrected chi connectivity index (χ3v) is 5.15. The predicted molar refractivity (Wildman–Crippen MR) is 63.7 cm³/mol. The Kier molecular flexibility index (Phi) is 3.74. The van der Waals surface area contributed by atoms with Crippen molar-refractivity contribution in [2.45, 2.75) is 37.5 Å². The summed E-state index contributed by atoms with van der Waals surface area (Å²) in [5, 5.41) is 0.878. The second-order valence-corrected chi connectivity index (χ2v) is 5.94. The maximum absolute atomic E-state index is 5.77. The van der Waals surface area contributed by atoms with Gasteiger partial charge in [-0.05, 0) is 31.7 Å². The van der Waals surface area contributed by atoms with Crippen LogP contribution in [0.1, 0.15) is 26.2 Å². The van der Waals surface area contributed by atoms with Crippen LogP contribution in [0, 0.1) is 5.92 Å². The van der Waals surface area contributed by atoms with E-state index in [0.717, 1.165) is 23.8 Å². The molecule has 0 aromatic carbocycles. The van der Waals surface area contributed by atoms with Crippen LogP contribution in [0.4, 0.5) is 0 Å². The highest BCUT2D eigenvalue weighted by Gasteiger charge is 2.36. The fraction of sp³-hybridized carbons (Fsp3) is 1.00. The van der Waals surface area contributed by atoms with Crippen molar-refractivity contribution in [3.8, 4) is 0 Å². The van der Waals surface area contributed by atoms with Crippen LogP contribution in [0.15, 0.2) is 0 Å². The molecule has 1 saturated heterocycles. The molecule has 14 heavy (non-hydrogen) atoms. The molecule has 1 heterocycles. The molecule has 0 bridgehead atoms. The van der Waals surface area contributed by atoms with Crippen molar-refractivity contribution in [3.63, 3.8) is 0 Å². The number of nitrogens with two attached hydrogens (primary N) is 1. The topological polar surface area (TPSA) is 29.3 Å². The second-order valence-electron chi connectivity index (χ2n) is 4.54. The normalized spacial score (nSPS) is 39.4. The van der Waals surface area contributed by atoms with E-state index in [1.165, 1.54) is 38.1 Å². The lowest BCUT2D eigenvalue weighted by Crippen LogP contribution is -2.53. The average molecular weight is 214 g/mol. The third-order valence-electron chi connectivity index (χ3n) is 3.77. The van der Waals surface area contributed by atoms with E-state index >= 15 is 0 Å². The molecule has 1 saturated carbocycles. The maximum Gasteiger partial charge on any atom is 0.0172 e. The summed E-state index contributed by atoms with van der Waals surface area (Å²) in [7, 11) is 0. The van der Waals surface area contributed by atoms with E-state index < -0.39 is 0 Å². The molecule has 1 aliphatic carbocycles. The van der Waals surface area contributed by atoms with Crippen LogP contribution in [0.3, 0.4) is 0 Å². The first-order valence-electron chi connectivity index (χ1n) is 5.90. The molecule has 3 atom stereocenters. The lowest BCUT2D eigenvalue weighted by molar-refractivity contribution is 0.0693. The Hall–Kier alpha value is 0.270. The van der Waals surface area contributed by atoms with Crippen molar-refractivity contribution in [1.82, 2.24) is 4.90 Å². The lowest BCUT2D eigenvalue weighted by atomic mass is 9.78. The van der Waals surface area contributed by atoms with E-state index in [-0.39, 0.29) is 0 Å². The van der Waals surface area contributed by atoms with Crippen molar-refractivity contribution in [1.29, 1.82) is 0 Å². The number of hydrogen-bond acceptors (Lipinski definition) is 3. The van der Waals surface area contributed by atoms with Crippen LogP contribution in [-0.2, 0) is 0 Å². The fourth-order valence-electron chi connectivity index (χ4n) is 2.60. The Morgan fingerprint density at radius 2 is 2.29 bits per heavy atom. The third kappa shape index (κ3) is 2.10. The molecule has 82 valence electrons. The number of nitrogens with zero attached hydrogens (tertiary/aromatic N) is 1. The van der Waals surface area contributed by atoms with Gasteiger partial charge >= 0.3 is 0 Å². The zero-order valence-electron chi connectivity index (χ0n) is 9.11. The zero-order chi connectivity index (χ0) is 9.97. The molecule has 0 amide bonds. The molecule has 2 nitrogen and oxygen atoms in total. The van der Waals surface area contributed by atoms with Gasteiger partial charge in [0.25, 0.3) is 0 Å². The molecule has 0 aromatic rings. The minimum Gasteiger partial charge on any atom is -0.330 e. The minimum atomic E-state index is 0.801. The van der Waals surface area contributed by atoms with Gasteiger partial charge in [0.15, 0.2) is 0 Å². The zero-order valence-corrected chi connectivity index (χ0v) is 9.93. The Labute approximate surface area is 91.6 Å². The van der Waals surface area contributed by atoms with Gasteiger partial charge in [0, 0.05) is 30.1 Å². The van der Waals surface area contributed by atoms with Gasteiger partial charge in [-0.25, -0.2) is 0 Å². The van der Waals surface area contributed by atoms with E-state index in [4.69, 9.17) is 5.73 Å². The summed E-state index contributed by atoms with van der Waals surface area (Å²) >= 11 is 2.15. The van der Waals surface area contributed by atoms with Crippen molar-refractivity contribution in [3.05, 3.63) is 0 Å². The summed E-state index contributed by atoms with van der Waals surface area (Å²) in [4.78, 5) is 2.70. The summed E-state index contributed by atoms with van der Waals surface area (Å²) < 4.78 is 0. The summed E-state index contributed by atoms with van der Waals surface area (Å²) in [6.07, 6.45) is 4.08. The lowest BCUT2D eigenvalue weighted by Gasteiger charge is -2.47. The van der Waals surface area contributed by atoms with Crippen molar-refractivity contribution >= 4 is 11.8 Å². The van der Waals surface area contributed by atoms with Gasteiger partial charge in [0.1, 0.15) is 0 Å². The van der Waals surface area contributed by atoms with E-state index in [9.17, 15) is 0 Å². The molecule has 0 radical (unpaired) electrons. The van der Waals surface area contributed by atoms with Crippen LogP contribution in [0.5, 0.6) is 0 Å². The van der Waals surface area contributed by atoms with E-state index in [1.54, 1.807) is 0 Å². The highest BCUT2D eigenvalue weighted by Crippen LogP contribution is 2.34. The number of rotatable bonds is 3. The van der Waals surface area contributed by atoms with E-state index in [0.29, 0.717) is 0 Å². The van der Waals surface area contributed by atoms with Gasteiger partial charge in [0.2, 0.25) is 0 Å². The molecule has 2 aliphatic rings. The Morgan fingerprint density at radius 1 is 1.43 bits per heavy atom. The molecular formula is C11H22N2S. The van der Waals surface area contributed by atoms with Crippen LogP contribution in [0.25, 0.3) is 0 Å². The summed E-state index contributed by atoms with van der Waals surface area (Å²) in [6.45, 7) is 5.80. The Balaban J connectivity index is 1.84. The smallest absolute Gasteiger partial charge is 0.0172 e. The number of thioether (sulfide) groups is 1. The van der Waals surface area contributed by atoms with E-state index in [1.807, 2.05) is 0 Å². The predicted octanol–water partition coefficient (Wildman–Crippen LogP) is 1.55. The van der Waals surface area contributed by atoms with Crippen molar-refractivity contribution in [2.24, 2.45) is 11.7 Å². The van der Waals surface area contributed by atoms with Crippen molar-refractivity contribution in [2.75, 3.05) is 25.4 Å². The first-order chi connectivity index (χ1) is 6.85. The largest absolute Gasteiger partial charge is 0.330 e. The molecule has 1 aliphatic heterocycles. The molecule has 2 N–H and O–H groups in total. The number of hydrogen-bond donors (Lipinski definition) is 1. The molecule has 0 spiro atoms. The standard InChI is InChI=1S/C11H22N2S/c1-2-10-8-13(5-6-14-10)11-4-3-9(11)7-12/h9-11H,2-8,12H2,1H3. The molecule has 3 heteroatoms. The van der Waals surface area contributed by atoms with Gasteiger partial charge < -0.3 is 5.73 Å². The SMILES string of the molecule is CCC1CN(C2CCC2CN)CCS1. The van der Waals surface area contributed by atoms with Gasteiger partial charge in [-0.3, -0.25) is 4.90 Å². The van der Waals surface area contributed by atoms with E-state index in [2.05, 4.69) is 23.6 Å². The second kappa shape index (κ2) is 4.86. The molecular weight excluding hydrogens is 192 g/mol. The first kappa shape index (κ1) is 10.8. The monoisotopic (exact) mass is 214 g/mol. The summed E-state index contributed by atoms with van der Waals surface area (Å²) in [5.41, 5.74) is 5.77. The average Bonchev–Trinajstić information content (AvgIpc) is 2.17. The van der Waals surface area contributed by atoms with Crippen LogP contribution < -0.4 is 5.73 Å².